The lowest BCUT2D eigenvalue weighted by atomic mass is 10.1. The van der Waals surface area contributed by atoms with Crippen molar-refractivity contribution >= 4 is 19.8 Å². The second kappa shape index (κ2) is 32.7. The Balaban J connectivity index is 4.11. The lowest BCUT2D eigenvalue weighted by Gasteiger charge is -2.19. The molecule has 45 heavy (non-hydrogen) atoms. The molecule has 0 aliphatic carbocycles. The third kappa shape index (κ3) is 32.5. The van der Waals surface area contributed by atoms with Gasteiger partial charge in [-0.05, 0) is 38.5 Å². The maximum absolute atomic E-state index is 12.4. The van der Waals surface area contributed by atoms with E-state index in [-0.39, 0.29) is 38.6 Å². The molecule has 0 saturated carbocycles. The normalized spacial score (nSPS) is 13.6. The highest BCUT2D eigenvalue weighted by atomic mass is 31.2. The Hall–Kier alpha value is -1.25. The summed E-state index contributed by atoms with van der Waals surface area (Å²) in [4.78, 5) is 34.5. The fraction of sp³-hybridized carbons (Fsp3) is 0.886. The Bertz CT molecular complexity index is 764. The first-order valence-electron chi connectivity index (χ1n) is 18.2. The van der Waals surface area contributed by atoms with Gasteiger partial charge in [0.2, 0.25) is 0 Å². The van der Waals surface area contributed by atoms with Crippen LogP contribution in [0.4, 0.5) is 0 Å². The molecule has 0 rings (SSSR count). The number of phosphoric acid groups is 1. The molecule has 1 unspecified atom stereocenters. The summed E-state index contributed by atoms with van der Waals surface area (Å²) in [6, 6.07) is 0. The molecule has 2 atom stereocenters. The first kappa shape index (κ1) is 43.8. The Morgan fingerprint density at radius 2 is 1.09 bits per heavy atom. The van der Waals surface area contributed by atoms with E-state index in [1.807, 2.05) is 0 Å². The highest BCUT2D eigenvalue weighted by Gasteiger charge is 2.25. The van der Waals surface area contributed by atoms with Crippen molar-refractivity contribution in [1.29, 1.82) is 0 Å². The van der Waals surface area contributed by atoms with Gasteiger partial charge < -0.3 is 20.1 Å². The average molecular weight is 662 g/mol. The fourth-order valence-corrected chi connectivity index (χ4v) is 5.69. The van der Waals surface area contributed by atoms with Gasteiger partial charge >= 0.3 is 19.8 Å². The second-order valence-electron chi connectivity index (χ2n) is 12.1. The van der Waals surface area contributed by atoms with Crippen LogP contribution in [-0.2, 0) is 32.7 Å². The van der Waals surface area contributed by atoms with Gasteiger partial charge in [-0.1, -0.05) is 129 Å². The molecule has 3 N–H and O–H groups in total. The number of allylic oxidation sites excluding steroid dienone is 2. The molecule has 0 fully saturated rings. The third-order valence-electron chi connectivity index (χ3n) is 7.65. The highest BCUT2D eigenvalue weighted by Crippen LogP contribution is 2.43. The summed E-state index contributed by atoms with van der Waals surface area (Å²) in [5.74, 6) is -0.835. The van der Waals surface area contributed by atoms with E-state index < -0.39 is 26.5 Å². The molecule has 0 amide bonds. The van der Waals surface area contributed by atoms with Crippen LogP contribution in [0.5, 0.6) is 0 Å². The van der Waals surface area contributed by atoms with Crippen molar-refractivity contribution in [2.75, 3.05) is 26.4 Å². The predicted octanol–water partition coefficient (Wildman–Crippen LogP) is 9.49. The van der Waals surface area contributed by atoms with Crippen LogP contribution in [0.15, 0.2) is 12.2 Å². The standard InChI is InChI=1S/C35H68NO8P/c1-3-5-7-9-11-12-13-14-15-16-17-18-19-20-22-23-25-27-34(37)41-31-33(32-43-45(39,40)42-30-29-36)44-35(38)28-26-24-21-10-8-6-4-2/h12-13,33H,3-11,14-32,36H2,1-2H3,(H,39,40)/b13-12+/t33-/m0/s1. The summed E-state index contributed by atoms with van der Waals surface area (Å²) in [5, 5.41) is 0. The van der Waals surface area contributed by atoms with E-state index in [1.165, 1.54) is 96.3 Å². The van der Waals surface area contributed by atoms with E-state index in [0.29, 0.717) is 6.42 Å². The number of hydrogen-bond donors (Lipinski definition) is 2. The number of unbranched alkanes of at least 4 members (excludes halogenated alkanes) is 19. The van der Waals surface area contributed by atoms with Crippen LogP contribution in [0.1, 0.15) is 168 Å². The monoisotopic (exact) mass is 661 g/mol. The van der Waals surface area contributed by atoms with Gasteiger partial charge in [-0.15, -0.1) is 0 Å². The van der Waals surface area contributed by atoms with Gasteiger partial charge in [-0.3, -0.25) is 18.6 Å². The van der Waals surface area contributed by atoms with Crippen LogP contribution in [0.3, 0.4) is 0 Å². The molecule has 0 aromatic carbocycles. The summed E-state index contributed by atoms with van der Waals surface area (Å²) >= 11 is 0. The number of esters is 2. The number of rotatable bonds is 34. The van der Waals surface area contributed by atoms with Gasteiger partial charge in [0.25, 0.3) is 0 Å². The maximum atomic E-state index is 12.4. The van der Waals surface area contributed by atoms with Gasteiger partial charge in [-0.25, -0.2) is 4.57 Å². The Morgan fingerprint density at radius 1 is 0.644 bits per heavy atom. The Labute approximate surface area is 275 Å². The molecule has 0 aliphatic heterocycles. The molecule has 10 heteroatoms. The van der Waals surface area contributed by atoms with Crippen molar-refractivity contribution in [2.24, 2.45) is 5.73 Å². The number of ether oxygens (including phenoxy) is 2. The summed E-state index contributed by atoms with van der Waals surface area (Å²) in [6.07, 6.45) is 29.8. The minimum Gasteiger partial charge on any atom is -0.462 e. The van der Waals surface area contributed by atoms with Crippen LogP contribution < -0.4 is 5.73 Å². The van der Waals surface area contributed by atoms with E-state index in [0.717, 1.165) is 38.5 Å². The van der Waals surface area contributed by atoms with E-state index in [4.69, 9.17) is 24.3 Å². The topological polar surface area (TPSA) is 134 Å². The molecule has 0 aromatic heterocycles. The van der Waals surface area contributed by atoms with Crippen molar-refractivity contribution in [2.45, 2.75) is 174 Å². The van der Waals surface area contributed by atoms with Crippen LogP contribution in [0.25, 0.3) is 0 Å². The van der Waals surface area contributed by atoms with Gasteiger partial charge in [0.05, 0.1) is 13.2 Å². The highest BCUT2D eigenvalue weighted by molar-refractivity contribution is 7.47. The van der Waals surface area contributed by atoms with Crippen LogP contribution >= 0.6 is 7.82 Å². The first-order chi connectivity index (χ1) is 21.8. The molecule has 9 nitrogen and oxygen atoms in total. The Kier molecular flexibility index (Phi) is 31.8. The minimum absolute atomic E-state index is 0.0553. The van der Waals surface area contributed by atoms with Crippen LogP contribution in [0, 0.1) is 0 Å². The fourth-order valence-electron chi connectivity index (χ4n) is 4.92. The molecule has 0 aromatic rings. The molecular weight excluding hydrogens is 593 g/mol. The van der Waals surface area contributed by atoms with Crippen LogP contribution in [-0.4, -0.2) is 49.3 Å². The number of carbonyl (C=O) groups excluding carboxylic acids is 2. The second-order valence-corrected chi connectivity index (χ2v) is 13.5. The molecule has 0 heterocycles. The molecule has 0 aliphatic rings. The first-order valence-corrected chi connectivity index (χ1v) is 19.7. The van der Waals surface area contributed by atoms with E-state index in [1.54, 1.807) is 0 Å². The van der Waals surface area contributed by atoms with E-state index >= 15 is 0 Å². The van der Waals surface area contributed by atoms with Gasteiger partial charge in [-0.2, -0.15) is 0 Å². The lowest BCUT2D eigenvalue weighted by molar-refractivity contribution is -0.161. The zero-order valence-electron chi connectivity index (χ0n) is 28.9. The number of carbonyl (C=O) groups is 2. The smallest absolute Gasteiger partial charge is 0.462 e. The number of nitrogens with two attached hydrogens (primary N) is 1. The zero-order valence-corrected chi connectivity index (χ0v) is 29.8. The van der Waals surface area contributed by atoms with Gasteiger partial charge in [0.15, 0.2) is 6.10 Å². The molecular formula is C35H68NO8P. The van der Waals surface area contributed by atoms with Gasteiger partial charge in [0, 0.05) is 19.4 Å². The van der Waals surface area contributed by atoms with Crippen LogP contribution in [0.2, 0.25) is 0 Å². The van der Waals surface area contributed by atoms with Crippen molar-refractivity contribution in [1.82, 2.24) is 0 Å². The zero-order chi connectivity index (χ0) is 33.3. The lowest BCUT2D eigenvalue weighted by Crippen LogP contribution is -2.29. The maximum Gasteiger partial charge on any atom is 0.472 e. The van der Waals surface area contributed by atoms with Gasteiger partial charge in [0.1, 0.15) is 6.61 Å². The number of hydrogen-bond acceptors (Lipinski definition) is 8. The third-order valence-corrected chi connectivity index (χ3v) is 8.64. The van der Waals surface area contributed by atoms with E-state index in [2.05, 4.69) is 26.0 Å². The SMILES string of the molecule is CCCCCC/C=C/CCCCCCCCCCCC(=O)OC[C@@H](COP(=O)(O)OCCN)OC(=O)CCCCCCCCC. The molecule has 0 radical (unpaired) electrons. The minimum atomic E-state index is -4.36. The Morgan fingerprint density at radius 3 is 1.60 bits per heavy atom. The van der Waals surface area contributed by atoms with E-state index in [9.17, 15) is 19.0 Å². The van der Waals surface area contributed by atoms with Crippen molar-refractivity contribution in [3.05, 3.63) is 12.2 Å². The molecule has 0 spiro atoms. The summed E-state index contributed by atoms with van der Waals surface area (Å²) in [6.45, 7) is 3.66. The number of phosphoric ester groups is 1. The summed E-state index contributed by atoms with van der Waals surface area (Å²) < 4.78 is 32.5. The van der Waals surface area contributed by atoms with Crippen molar-refractivity contribution in [3.8, 4) is 0 Å². The molecule has 0 saturated heterocycles. The summed E-state index contributed by atoms with van der Waals surface area (Å²) in [5.41, 5.74) is 5.31. The average Bonchev–Trinajstić information content (AvgIpc) is 3.02. The van der Waals surface area contributed by atoms with Crippen molar-refractivity contribution < 1.29 is 37.6 Å². The largest absolute Gasteiger partial charge is 0.472 e. The molecule has 0 bridgehead atoms. The quantitative estimate of drug-likeness (QED) is 0.0299. The summed E-state index contributed by atoms with van der Waals surface area (Å²) in [7, 11) is -4.36. The van der Waals surface area contributed by atoms with Crippen molar-refractivity contribution in [3.63, 3.8) is 0 Å². The predicted molar refractivity (Wildman–Crippen MR) is 183 cm³/mol. The molecule has 266 valence electrons.